The monoisotopic (exact) mass is 310 g/mol. The highest BCUT2D eigenvalue weighted by Gasteiger charge is 2.44. The third-order valence-corrected chi connectivity index (χ3v) is 5.33. The predicted molar refractivity (Wildman–Crippen MR) is 82.7 cm³/mol. The van der Waals surface area contributed by atoms with Crippen LogP contribution in [0, 0.1) is 5.41 Å². The zero-order valence-electron chi connectivity index (χ0n) is 12.7. The zero-order chi connectivity index (χ0) is 15.5. The first-order valence-corrected chi connectivity index (χ1v) is 8.04. The molecule has 1 fully saturated rings. The Balaban J connectivity index is 2.08. The van der Waals surface area contributed by atoms with Gasteiger partial charge in [0.25, 0.3) is 0 Å². The maximum absolute atomic E-state index is 11.5. The molecule has 0 aliphatic heterocycles. The second-order valence-electron chi connectivity index (χ2n) is 5.59. The Labute approximate surface area is 129 Å². The largest absolute Gasteiger partial charge is 0.496 e. The van der Waals surface area contributed by atoms with Gasteiger partial charge in [-0.1, -0.05) is 6.07 Å². The van der Waals surface area contributed by atoms with Crippen LogP contribution in [0.3, 0.4) is 0 Å². The topological polar surface area (TPSA) is 55.8 Å². The van der Waals surface area contributed by atoms with Gasteiger partial charge in [-0.15, -0.1) is 11.8 Å². The van der Waals surface area contributed by atoms with Gasteiger partial charge in [0.15, 0.2) is 0 Å². The van der Waals surface area contributed by atoms with Crippen LogP contribution in [0.15, 0.2) is 23.1 Å². The molecule has 0 aromatic heterocycles. The summed E-state index contributed by atoms with van der Waals surface area (Å²) in [6.45, 7) is 1.74. The van der Waals surface area contributed by atoms with E-state index in [1.807, 2.05) is 18.2 Å². The van der Waals surface area contributed by atoms with Crippen molar-refractivity contribution in [3.05, 3.63) is 23.8 Å². The molecule has 0 spiro atoms. The average molecular weight is 310 g/mol. The molecule has 4 nitrogen and oxygen atoms in total. The minimum absolute atomic E-state index is 0.0663. The summed E-state index contributed by atoms with van der Waals surface area (Å²) in [5, 5.41) is 9.98. The highest BCUT2D eigenvalue weighted by Crippen LogP contribution is 2.52. The Bertz CT molecular complexity index is 509. The quantitative estimate of drug-likeness (QED) is 0.619. The SMILES string of the molecule is COC(=O)CC1(CSc2cccc(OC)c2[C@@H](C)O)CC1. The fourth-order valence-electron chi connectivity index (χ4n) is 2.40. The van der Waals surface area contributed by atoms with E-state index in [0.29, 0.717) is 12.2 Å². The molecule has 116 valence electrons. The molecule has 1 aromatic carbocycles. The second-order valence-corrected chi connectivity index (χ2v) is 6.61. The first-order valence-electron chi connectivity index (χ1n) is 7.06. The highest BCUT2D eigenvalue weighted by molar-refractivity contribution is 7.99. The van der Waals surface area contributed by atoms with Crippen molar-refractivity contribution in [3.8, 4) is 5.75 Å². The van der Waals surface area contributed by atoms with Gasteiger partial charge in [0.2, 0.25) is 0 Å². The zero-order valence-corrected chi connectivity index (χ0v) is 13.5. The van der Waals surface area contributed by atoms with Crippen molar-refractivity contribution in [1.82, 2.24) is 0 Å². The molecule has 1 aliphatic rings. The number of carbonyl (C=O) groups is 1. The van der Waals surface area contributed by atoms with Crippen molar-refractivity contribution in [2.75, 3.05) is 20.0 Å². The first kappa shape index (κ1) is 16.2. The van der Waals surface area contributed by atoms with Crippen molar-refractivity contribution in [2.45, 2.75) is 37.2 Å². The third kappa shape index (κ3) is 3.92. The molecule has 0 amide bonds. The number of aliphatic hydroxyl groups is 1. The molecule has 2 rings (SSSR count). The molecule has 0 heterocycles. The molecule has 1 aromatic rings. The molecule has 5 heteroatoms. The van der Waals surface area contributed by atoms with Crippen LogP contribution in [0.4, 0.5) is 0 Å². The number of carbonyl (C=O) groups excluding carboxylic acids is 1. The normalized spacial score (nSPS) is 17.1. The van der Waals surface area contributed by atoms with Crippen molar-refractivity contribution >= 4 is 17.7 Å². The van der Waals surface area contributed by atoms with E-state index < -0.39 is 6.10 Å². The Hall–Kier alpha value is -1.20. The summed E-state index contributed by atoms with van der Waals surface area (Å²) in [5.41, 5.74) is 0.885. The summed E-state index contributed by atoms with van der Waals surface area (Å²) in [6, 6.07) is 5.77. The number of thioether (sulfide) groups is 1. The Morgan fingerprint density at radius 2 is 2.14 bits per heavy atom. The van der Waals surface area contributed by atoms with E-state index in [2.05, 4.69) is 0 Å². The molecule has 21 heavy (non-hydrogen) atoms. The van der Waals surface area contributed by atoms with Crippen LogP contribution < -0.4 is 4.74 Å². The Kier molecular flexibility index (Phi) is 5.17. The van der Waals surface area contributed by atoms with Crippen LogP contribution in [-0.4, -0.2) is 31.0 Å². The van der Waals surface area contributed by atoms with Crippen LogP contribution in [0.2, 0.25) is 0 Å². The standard InChI is InChI=1S/C16H22O4S/c1-11(17)15-12(19-2)5-4-6-13(15)21-10-16(7-8-16)9-14(18)20-3/h4-6,11,17H,7-10H2,1-3H3/t11-/m1/s1. The van der Waals surface area contributed by atoms with Gasteiger partial charge in [-0.3, -0.25) is 4.79 Å². The van der Waals surface area contributed by atoms with Gasteiger partial charge in [0, 0.05) is 16.2 Å². The molecule has 0 bridgehead atoms. The molecule has 0 unspecified atom stereocenters. The average Bonchev–Trinajstić information content (AvgIpc) is 3.24. The number of ether oxygens (including phenoxy) is 2. The number of aliphatic hydroxyl groups excluding tert-OH is 1. The number of hydrogen-bond acceptors (Lipinski definition) is 5. The summed E-state index contributed by atoms with van der Waals surface area (Å²) in [4.78, 5) is 12.5. The maximum Gasteiger partial charge on any atom is 0.306 e. The summed E-state index contributed by atoms with van der Waals surface area (Å²) >= 11 is 1.68. The predicted octanol–water partition coefficient (Wildman–Crippen LogP) is 3.18. The lowest BCUT2D eigenvalue weighted by atomic mass is 10.1. The lowest BCUT2D eigenvalue weighted by Crippen LogP contribution is -2.13. The van der Waals surface area contributed by atoms with Crippen molar-refractivity contribution in [1.29, 1.82) is 0 Å². The van der Waals surface area contributed by atoms with Gasteiger partial charge in [0.05, 0.1) is 26.7 Å². The molecular formula is C16H22O4S. The number of methoxy groups -OCH3 is 2. The van der Waals surface area contributed by atoms with Crippen molar-refractivity contribution in [2.24, 2.45) is 5.41 Å². The molecule has 0 saturated heterocycles. The van der Waals surface area contributed by atoms with E-state index >= 15 is 0 Å². The molecule has 1 aliphatic carbocycles. The van der Waals surface area contributed by atoms with E-state index in [1.54, 1.807) is 25.8 Å². The van der Waals surface area contributed by atoms with Gasteiger partial charge in [-0.05, 0) is 37.3 Å². The first-order chi connectivity index (χ1) is 10.0. The summed E-state index contributed by atoms with van der Waals surface area (Å²) in [7, 11) is 3.04. The third-order valence-electron chi connectivity index (χ3n) is 3.90. The molecule has 0 radical (unpaired) electrons. The lowest BCUT2D eigenvalue weighted by Gasteiger charge is -2.18. The minimum atomic E-state index is -0.584. The smallest absolute Gasteiger partial charge is 0.306 e. The summed E-state index contributed by atoms with van der Waals surface area (Å²) in [6.07, 6.45) is 2.01. The van der Waals surface area contributed by atoms with E-state index in [4.69, 9.17) is 9.47 Å². The maximum atomic E-state index is 11.5. The van der Waals surface area contributed by atoms with E-state index in [1.165, 1.54) is 7.11 Å². The fourth-order valence-corrected chi connectivity index (χ4v) is 3.85. The van der Waals surface area contributed by atoms with Gasteiger partial charge in [0.1, 0.15) is 5.75 Å². The Morgan fingerprint density at radius 1 is 1.43 bits per heavy atom. The van der Waals surface area contributed by atoms with Crippen LogP contribution >= 0.6 is 11.8 Å². The van der Waals surface area contributed by atoms with E-state index in [0.717, 1.165) is 29.1 Å². The summed E-state index contributed by atoms with van der Waals surface area (Å²) < 4.78 is 10.1. The van der Waals surface area contributed by atoms with Gasteiger partial charge >= 0.3 is 5.97 Å². The lowest BCUT2D eigenvalue weighted by molar-refractivity contribution is -0.141. The summed E-state index contributed by atoms with van der Waals surface area (Å²) in [5.74, 6) is 1.41. The second kappa shape index (κ2) is 6.71. The number of rotatable bonds is 7. The fraction of sp³-hybridized carbons (Fsp3) is 0.562. The van der Waals surface area contributed by atoms with Crippen LogP contribution in [0.1, 0.15) is 37.9 Å². The van der Waals surface area contributed by atoms with Crippen molar-refractivity contribution in [3.63, 3.8) is 0 Å². The molecule has 1 saturated carbocycles. The van der Waals surface area contributed by atoms with Gasteiger partial charge in [-0.25, -0.2) is 0 Å². The van der Waals surface area contributed by atoms with Crippen LogP contribution in [0.25, 0.3) is 0 Å². The van der Waals surface area contributed by atoms with E-state index in [-0.39, 0.29) is 11.4 Å². The molecule has 1 atom stereocenters. The number of esters is 1. The minimum Gasteiger partial charge on any atom is -0.496 e. The van der Waals surface area contributed by atoms with Gasteiger partial charge < -0.3 is 14.6 Å². The molecular weight excluding hydrogens is 288 g/mol. The van der Waals surface area contributed by atoms with Gasteiger partial charge in [-0.2, -0.15) is 0 Å². The highest BCUT2D eigenvalue weighted by atomic mass is 32.2. The van der Waals surface area contributed by atoms with Crippen LogP contribution in [-0.2, 0) is 9.53 Å². The van der Waals surface area contributed by atoms with Crippen molar-refractivity contribution < 1.29 is 19.4 Å². The Morgan fingerprint density at radius 3 is 2.67 bits per heavy atom. The molecule has 1 N–H and O–H groups in total. The van der Waals surface area contributed by atoms with E-state index in [9.17, 15) is 9.90 Å². The van der Waals surface area contributed by atoms with Crippen LogP contribution in [0.5, 0.6) is 5.75 Å². The number of benzene rings is 1. The number of hydrogen-bond donors (Lipinski definition) is 1.